The number of hydrogen-bond acceptors (Lipinski definition) is 2. The number of ketones is 1. The van der Waals surface area contributed by atoms with E-state index in [-0.39, 0.29) is 10.7 Å². The molecule has 0 aromatic rings. The van der Waals surface area contributed by atoms with Gasteiger partial charge in [0.1, 0.15) is 0 Å². The van der Waals surface area contributed by atoms with Crippen molar-refractivity contribution in [3.63, 3.8) is 0 Å². The Balaban J connectivity index is 3.99. The Morgan fingerprint density at radius 1 is 1.38 bits per heavy atom. The minimum Gasteiger partial charge on any atom is -0.298 e. The van der Waals surface area contributed by atoms with Crippen LogP contribution in [0, 0.1) is 5.92 Å². The molecule has 0 aromatic carbocycles. The van der Waals surface area contributed by atoms with Gasteiger partial charge in [0.25, 0.3) is 0 Å². The van der Waals surface area contributed by atoms with Crippen molar-refractivity contribution >= 4 is 17.5 Å². The van der Waals surface area contributed by atoms with Gasteiger partial charge in [-0.05, 0) is 26.0 Å². The van der Waals surface area contributed by atoms with Crippen molar-refractivity contribution in [2.24, 2.45) is 5.92 Å². The molecule has 0 aliphatic heterocycles. The Bertz CT molecular complexity index is 161. The molecular formula is C11H22OS. The van der Waals surface area contributed by atoms with Crippen LogP contribution in [0.3, 0.4) is 0 Å². The molecule has 0 N–H and O–H groups in total. The van der Waals surface area contributed by atoms with Gasteiger partial charge in [0, 0.05) is 5.92 Å². The first-order valence-corrected chi connectivity index (χ1v) is 6.08. The van der Waals surface area contributed by atoms with Crippen molar-refractivity contribution in [3.05, 3.63) is 0 Å². The van der Waals surface area contributed by atoms with Crippen molar-refractivity contribution in [1.29, 1.82) is 0 Å². The highest BCUT2D eigenvalue weighted by atomic mass is 32.2. The Kier molecular flexibility index (Phi) is 5.70. The number of carbonyl (C=O) groups excluding carboxylic acids is 1. The van der Waals surface area contributed by atoms with Gasteiger partial charge in [0.15, 0.2) is 5.78 Å². The molecule has 78 valence electrons. The second kappa shape index (κ2) is 5.69. The van der Waals surface area contributed by atoms with E-state index in [0.717, 1.165) is 5.75 Å². The third kappa shape index (κ3) is 4.70. The monoisotopic (exact) mass is 202 g/mol. The van der Waals surface area contributed by atoms with Crippen LogP contribution in [0.25, 0.3) is 0 Å². The standard InChI is InChI=1S/C11H22OS/c1-6-7-8-13-11(4,5)10(12)9(2)3/h9H,6-8H2,1-5H3. The molecule has 0 aromatic heterocycles. The molecule has 0 saturated carbocycles. The second-order valence-corrected chi connectivity index (χ2v) is 5.95. The fraction of sp³-hybridized carbons (Fsp3) is 0.909. The summed E-state index contributed by atoms with van der Waals surface area (Å²) in [6.45, 7) is 10.2. The van der Waals surface area contributed by atoms with E-state index in [1.165, 1.54) is 12.8 Å². The van der Waals surface area contributed by atoms with Gasteiger partial charge in [-0.2, -0.15) is 0 Å². The third-order valence-electron chi connectivity index (χ3n) is 2.08. The van der Waals surface area contributed by atoms with Crippen LogP contribution in [0.15, 0.2) is 0 Å². The summed E-state index contributed by atoms with van der Waals surface area (Å²) in [4.78, 5) is 11.7. The summed E-state index contributed by atoms with van der Waals surface area (Å²) in [5.41, 5.74) is 0. The van der Waals surface area contributed by atoms with Crippen molar-refractivity contribution in [3.8, 4) is 0 Å². The van der Waals surface area contributed by atoms with Crippen molar-refractivity contribution in [1.82, 2.24) is 0 Å². The maximum atomic E-state index is 11.7. The minimum absolute atomic E-state index is 0.157. The SMILES string of the molecule is CCCCSC(C)(C)C(=O)C(C)C. The topological polar surface area (TPSA) is 17.1 Å². The van der Waals surface area contributed by atoms with Gasteiger partial charge in [-0.25, -0.2) is 0 Å². The van der Waals surface area contributed by atoms with E-state index in [0.29, 0.717) is 5.78 Å². The lowest BCUT2D eigenvalue weighted by Crippen LogP contribution is -2.32. The van der Waals surface area contributed by atoms with Crippen molar-refractivity contribution < 1.29 is 4.79 Å². The van der Waals surface area contributed by atoms with Crippen molar-refractivity contribution in [2.75, 3.05) is 5.75 Å². The van der Waals surface area contributed by atoms with Crippen LogP contribution in [0.2, 0.25) is 0 Å². The summed E-state index contributed by atoms with van der Waals surface area (Å²) in [7, 11) is 0. The summed E-state index contributed by atoms with van der Waals surface area (Å²) in [6.07, 6.45) is 2.42. The van der Waals surface area contributed by atoms with Gasteiger partial charge in [-0.15, -0.1) is 11.8 Å². The first-order chi connectivity index (χ1) is 5.91. The summed E-state index contributed by atoms with van der Waals surface area (Å²) < 4.78 is -0.191. The van der Waals surface area contributed by atoms with Crippen LogP contribution in [0.5, 0.6) is 0 Å². The molecule has 1 nitrogen and oxygen atoms in total. The number of Topliss-reactive ketones (excluding diaryl/α,β-unsaturated/α-hetero) is 1. The number of carbonyl (C=O) groups is 1. The normalized spacial score (nSPS) is 12.2. The lowest BCUT2D eigenvalue weighted by atomic mass is 9.98. The highest BCUT2D eigenvalue weighted by Crippen LogP contribution is 2.28. The highest BCUT2D eigenvalue weighted by Gasteiger charge is 2.29. The molecule has 0 saturated heterocycles. The number of unbranched alkanes of at least 4 members (excludes halogenated alkanes) is 1. The molecule has 13 heavy (non-hydrogen) atoms. The molecule has 0 amide bonds. The van der Waals surface area contributed by atoms with E-state index in [1.54, 1.807) is 11.8 Å². The first-order valence-electron chi connectivity index (χ1n) is 5.10. The lowest BCUT2D eigenvalue weighted by Gasteiger charge is -2.24. The highest BCUT2D eigenvalue weighted by molar-refractivity contribution is 8.01. The van der Waals surface area contributed by atoms with Crippen molar-refractivity contribution in [2.45, 2.75) is 52.2 Å². The molecule has 0 atom stereocenters. The van der Waals surface area contributed by atoms with Gasteiger partial charge < -0.3 is 0 Å². The van der Waals surface area contributed by atoms with E-state index in [1.807, 2.05) is 27.7 Å². The molecule has 0 aliphatic rings. The van der Waals surface area contributed by atoms with Gasteiger partial charge >= 0.3 is 0 Å². The number of hydrogen-bond donors (Lipinski definition) is 0. The predicted molar refractivity (Wildman–Crippen MR) is 61.3 cm³/mol. The molecular weight excluding hydrogens is 180 g/mol. The first kappa shape index (κ1) is 13.0. The predicted octanol–water partition coefficient (Wildman–Crippen LogP) is 3.52. The third-order valence-corrected chi connectivity index (χ3v) is 3.49. The zero-order chi connectivity index (χ0) is 10.5. The molecule has 0 heterocycles. The van der Waals surface area contributed by atoms with Crippen LogP contribution in [0.4, 0.5) is 0 Å². The smallest absolute Gasteiger partial charge is 0.150 e. The zero-order valence-corrected chi connectivity index (χ0v) is 10.3. The van der Waals surface area contributed by atoms with Crippen LogP contribution in [-0.2, 0) is 4.79 Å². The Hall–Kier alpha value is 0.0200. The fourth-order valence-electron chi connectivity index (χ4n) is 1.24. The van der Waals surface area contributed by atoms with Crippen LogP contribution >= 0.6 is 11.8 Å². The average Bonchev–Trinajstić information content (AvgIpc) is 2.03. The molecule has 0 rings (SSSR count). The van der Waals surface area contributed by atoms with E-state index in [9.17, 15) is 4.79 Å². The van der Waals surface area contributed by atoms with Crippen LogP contribution < -0.4 is 0 Å². The Labute approximate surface area is 86.7 Å². The number of rotatable bonds is 6. The zero-order valence-electron chi connectivity index (χ0n) is 9.52. The molecule has 0 spiro atoms. The fourth-order valence-corrected chi connectivity index (χ4v) is 2.56. The van der Waals surface area contributed by atoms with E-state index in [4.69, 9.17) is 0 Å². The summed E-state index contributed by atoms with van der Waals surface area (Å²) in [6, 6.07) is 0. The minimum atomic E-state index is -0.191. The summed E-state index contributed by atoms with van der Waals surface area (Å²) in [5.74, 6) is 1.62. The lowest BCUT2D eigenvalue weighted by molar-refractivity contribution is -0.123. The molecule has 0 unspecified atom stereocenters. The molecule has 0 fully saturated rings. The van der Waals surface area contributed by atoms with Gasteiger partial charge in [-0.3, -0.25) is 4.79 Å². The molecule has 2 heteroatoms. The quantitative estimate of drug-likeness (QED) is 0.613. The Morgan fingerprint density at radius 2 is 1.92 bits per heavy atom. The van der Waals surface area contributed by atoms with Crippen LogP contribution in [-0.4, -0.2) is 16.3 Å². The summed E-state index contributed by atoms with van der Waals surface area (Å²) in [5, 5.41) is 0. The van der Waals surface area contributed by atoms with Gasteiger partial charge in [0.2, 0.25) is 0 Å². The van der Waals surface area contributed by atoms with E-state index >= 15 is 0 Å². The number of thioether (sulfide) groups is 1. The van der Waals surface area contributed by atoms with Crippen LogP contribution in [0.1, 0.15) is 47.5 Å². The van der Waals surface area contributed by atoms with Gasteiger partial charge in [0.05, 0.1) is 4.75 Å². The maximum absolute atomic E-state index is 11.7. The van der Waals surface area contributed by atoms with E-state index < -0.39 is 0 Å². The van der Waals surface area contributed by atoms with E-state index in [2.05, 4.69) is 6.92 Å². The average molecular weight is 202 g/mol. The molecule has 0 bridgehead atoms. The van der Waals surface area contributed by atoms with Gasteiger partial charge in [-0.1, -0.05) is 27.2 Å². The summed E-state index contributed by atoms with van der Waals surface area (Å²) >= 11 is 1.79. The Morgan fingerprint density at radius 3 is 2.31 bits per heavy atom. The maximum Gasteiger partial charge on any atom is 0.150 e. The molecule has 0 aliphatic carbocycles. The second-order valence-electron chi connectivity index (χ2n) is 4.23. The largest absolute Gasteiger partial charge is 0.298 e. The molecule has 0 radical (unpaired) electrons.